The summed E-state index contributed by atoms with van der Waals surface area (Å²) in [6.45, 7) is 6.48. The number of rotatable bonds is 5. The topological polar surface area (TPSA) is 77.0 Å². The zero-order valence-electron chi connectivity index (χ0n) is 20.7. The first-order chi connectivity index (χ1) is 17.5. The summed E-state index contributed by atoms with van der Waals surface area (Å²) in [5.74, 6) is 0.134. The Morgan fingerprint density at radius 3 is 2.28 bits per heavy atom. The molecule has 2 aliphatic heterocycles. The van der Waals surface area contributed by atoms with Crippen LogP contribution in [0.5, 0.6) is 0 Å². The Labute approximate surface area is 211 Å². The second-order valence-electron chi connectivity index (χ2n) is 9.43. The van der Waals surface area contributed by atoms with E-state index in [0.29, 0.717) is 23.5 Å². The minimum Gasteiger partial charge on any atom is -0.369 e. The standard InChI is InChI=1S/C29H31N5O2/c1-20(21-6-4-3-5-7-21)31-29(36)23-8-9-24-19-30-27(26(24)18-23)32-28(35)22-10-12-25(13-11-22)34-16-14-33(2)15-17-34/h3-13,18,20H,14-17,19H2,1-2H3,(H,31,36)(H,30,32,35)/t20-/m1/s1. The zero-order chi connectivity index (χ0) is 25.1. The Bertz CT molecular complexity index is 1280. The highest BCUT2D eigenvalue weighted by Gasteiger charge is 2.22. The van der Waals surface area contributed by atoms with Crippen LogP contribution in [-0.2, 0) is 6.54 Å². The predicted octanol–water partition coefficient (Wildman–Crippen LogP) is 3.62. The number of fused-ring (bicyclic) bond motifs is 1. The van der Waals surface area contributed by atoms with Crippen molar-refractivity contribution in [1.29, 1.82) is 0 Å². The molecule has 0 bridgehead atoms. The van der Waals surface area contributed by atoms with Crippen LogP contribution >= 0.6 is 0 Å². The predicted molar refractivity (Wildman–Crippen MR) is 143 cm³/mol. The molecule has 1 atom stereocenters. The van der Waals surface area contributed by atoms with Crippen molar-refractivity contribution < 1.29 is 9.59 Å². The number of amides is 2. The molecule has 7 heteroatoms. The summed E-state index contributed by atoms with van der Waals surface area (Å²) in [5.41, 5.74) is 5.07. The molecule has 1 fully saturated rings. The van der Waals surface area contributed by atoms with Crippen molar-refractivity contribution in [3.05, 3.63) is 101 Å². The Kier molecular flexibility index (Phi) is 6.82. The fraction of sp³-hybridized carbons (Fsp3) is 0.276. The van der Waals surface area contributed by atoms with Gasteiger partial charge in [-0.15, -0.1) is 0 Å². The number of nitrogens with one attached hydrogen (secondary N) is 2. The molecule has 0 aromatic heterocycles. The van der Waals surface area contributed by atoms with Crippen molar-refractivity contribution in [3.8, 4) is 0 Å². The van der Waals surface area contributed by atoms with E-state index in [1.807, 2.05) is 79.7 Å². The summed E-state index contributed by atoms with van der Waals surface area (Å²) in [4.78, 5) is 35.1. The van der Waals surface area contributed by atoms with Crippen LogP contribution in [0.4, 0.5) is 5.69 Å². The molecule has 36 heavy (non-hydrogen) atoms. The lowest BCUT2D eigenvalue weighted by molar-refractivity contribution is 0.0938. The number of carbonyl (C=O) groups is 2. The lowest BCUT2D eigenvalue weighted by Gasteiger charge is -2.34. The number of amidine groups is 1. The molecule has 0 radical (unpaired) electrons. The van der Waals surface area contributed by atoms with Gasteiger partial charge in [-0.3, -0.25) is 14.6 Å². The number of nitrogens with zero attached hydrogens (tertiary/aromatic N) is 3. The van der Waals surface area contributed by atoms with E-state index < -0.39 is 0 Å². The average molecular weight is 482 g/mol. The summed E-state index contributed by atoms with van der Waals surface area (Å²) >= 11 is 0. The maximum absolute atomic E-state index is 13.0. The van der Waals surface area contributed by atoms with E-state index in [1.165, 1.54) is 0 Å². The van der Waals surface area contributed by atoms with E-state index in [-0.39, 0.29) is 17.9 Å². The normalized spacial score (nSPS) is 16.2. The Morgan fingerprint density at radius 2 is 1.56 bits per heavy atom. The minimum absolute atomic E-state index is 0.117. The highest BCUT2D eigenvalue weighted by molar-refractivity contribution is 6.15. The molecule has 3 aromatic carbocycles. The van der Waals surface area contributed by atoms with Crippen molar-refractivity contribution in [2.45, 2.75) is 19.5 Å². The van der Waals surface area contributed by atoms with Gasteiger partial charge in [0, 0.05) is 48.6 Å². The minimum atomic E-state index is -0.209. The number of hydrogen-bond acceptors (Lipinski definition) is 5. The van der Waals surface area contributed by atoms with Crippen molar-refractivity contribution in [2.75, 3.05) is 38.1 Å². The quantitative estimate of drug-likeness (QED) is 0.584. The van der Waals surface area contributed by atoms with Gasteiger partial charge in [0.25, 0.3) is 11.8 Å². The van der Waals surface area contributed by atoms with Crippen LogP contribution in [0, 0.1) is 0 Å². The van der Waals surface area contributed by atoms with E-state index in [9.17, 15) is 9.59 Å². The fourth-order valence-electron chi connectivity index (χ4n) is 4.61. The van der Waals surface area contributed by atoms with E-state index in [2.05, 4.69) is 32.5 Å². The van der Waals surface area contributed by atoms with Gasteiger partial charge in [0.15, 0.2) is 0 Å². The molecule has 3 aromatic rings. The van der Waals surface area contributed by atoms with Crippen LogP contribution in [0.2, 0.25) is 0 Å². The number of benzene rings is 3. The molecule has 0 saturated carbocycles. The van der Waals surface area contributed by atoms with Crippen molar-refractivity contribution >= 4 is 23.3 Å². The van der Waals surface area contributed by atoms with Gasteiger partial charge in [-0.25, -0.2) is 0 Å². The smallest absolute Gasteiger partial charge is 0.256 e. The Hall–Kier alpha value is -3.97. The molecule has 0 unspecified atom stereocenters. The number of piperazine rings is 1. The van der Waals surface area contributed by atoms with E-state index in [4.69, 9.17) is 0 Å². The molecule has 1 saturated heterocycles. The van der Waals surface area contributed by atoms with Crippen LogP contribution in [0.25, 0.3) is 0 Å². The summed E-state index contributed by atoms with van der Waals surface area (Å²) in [7, 11) is 2.13. The van der Waals surface area contributed by atoms with Gasteiger partial charge in [0.1, 0.15) is 5.84 Å². The van der Waals surface area contributed by atoms with Gasteiger partial charge in [0.2, 0.25) is 0 Å². The maximum atomic E-state index is 13.0. The molecule has 2 N–H and O–H groups in total. The van der Waals surface area contributed by atoms with E-state index in [1.54, 1.807) is 0 Å². The first-order valence-electron chi connectivity index (χ1n) is 12.4. The van der Waals surface area contributed by atoms with E-state index >= 15 is 0 Å². The number of hydrogen-bond donors (Lipinski definition) is 2. The Balaban J connectivity index is 1.24. The lowest BCUT2D eigenvalue weighted by atomic mass is 10.0. The van der Waals surface area contributed by atoms with Gasteiger partial charge >= 0.3 is 0 Å². The van der Waals surface area contributed by atoms with Crippen LogP contribution in [0.3, 0.4) is 0 Å². The molecule has 2 heterocycles. The summed E-state index contributed by atoms with van der Waals surface area (Å²) < 4.78 is 0. The van der Waals surface area contributed by atoms with Gasteiger partial charge in [0.05, 0.1) is 12.6 Å². The van der Waals surface area contributed by atoms with Gasteiger partial charge < -0.3 is 20.4 Å². The molecule has 0 aliphatic carbocycles. The Morgan fingerprint density at radius 1 is 0.861 bits per heavy atom. The number of anilines is 1. The first kappa shape index (κ1) is 23.8. The second kappa shape index (κ2) is 10.3. The van der Waals surface area contributed by atoms with Gasteiger partial charge in [-0.1, -0.05) is 36.4 Å². The number of carbonyl (C=O) groups excluding carboxylic acids is 2. The van der Waals surface area contributed by atoms with Crippen LogP contribution in [0.15, 0.2) is 77.8 Å². The van der Waals surface area contributed by atoms with Gasteiger partial charge in [-0.05, 0) is 61.5 Å². The molecule has 2 amide bonds. The van der Waals surface area contributed by atoms with Crippen LogP contribution in [-0.4, -0.2) is 55.8 Å². The molecule has 0 spiro atoms. The largest absolute Gasteiger partial charge is 0.369 e. The SMILES string of the molecule is C[C@@H](NC(=O)c1ccc2c(c1)C(NC(=O)c1ccc(N3CCN(C)CC3)cc1)=NC2)c1ccccc1. The van der Waals surface area contributed by atoms with Gasteiger partial charge in [-0.2, -0.15) is 0 Å². The monoisotopic (exact) mass is 481 g/mol. The summed E-state index contributed by atoms with van der Waals surface area (Å²) in [6.07, 6.45) is 0. The molecule has 184 valence electrons. The average Bonchev–Trinajstić information content (AvgIpc) is 3.31. The van der Waals surface area contributed by atoms with Crippen molar-refractivity contribution in [3.63, 3.8) is 0 Å². The third-order valence-electron chi connectivity index (χ3n) is 6.91. The van der Waals surface area contributed by atoms with Crippen LogP contribution < -0.4 is 15.5 Å². The highest BCUT2D eigenvalue weighted by Crippen LogP contribution is 2.22. The van der Waals surface area contributed by atoms with E-state index in [0.717, 1.165) is 48.6 Å². The molecular formula is C29H31N5O2. The van der Waals surface area contributed by atoms with Crippen molar-refractivity contribution in [1.82, 2.24) is 15.5 Å². The highest BCUT2D eigenvalue weighted by atomic mass is 16.2. The second-order valence-corrected chi connectivity index (χ2v) is 9.43. The molecule has 2 aliphatic rings. The van der Waals surface area contributed by atoms with Crippen LogP contribution in [0.1, 0.15) is 50.4 Å². The summed E-state index contributed by atoms with van der Waals surface area (Å²) in [5, 5.41) is 6.00. The third kappa shape index (κ3) is 5.16. The van der Waals surface area contributed by atoms with Crippen molar-refractivity contribution in [2.24, 2.45) is 4.99 Å². The maximum Gasteiger partial charge on any atom is 0.256 e. The fourth-order valence-corrected chi connectivity index (χ4v) is 4.61. The third-order valence-corrected chi connectivity index (χ3v) is 6.91. The molecular weight excluding hydrogens is 450 g/mol. The number of likely N-dealkylation sites (N-methyl/N-ethyl adjacent to an activating group) is 1. The molecule has 7 nitrogen and oxygen atoms in total. The lowest BCUT2D eigenvalue weighted by Crippen LogP contribution is -2.44. The first-order valence-corrected chi connectivity index (χ1v) is 12.4. The molecule has 5 rings (SSSR count). The zero-order valence-corrected chi connectivity index (χ0v) is 20.7. The summed E-state index contributed by atoms with van der Waals surface area (Å²) in [6, 6.07) is 23.0. The number of aliphatic imine (C=N–C) groups is 1.